The van der Waals surface area contributed by atoms with E-state index in [4.69, 9.17) is 21.1 Å². The normalized spacial score (nSPS) is 10.2. The number of nitro benzene ring substituents is 1. The third kappa shape index (κ3) is 7.27. The van der Waals surface area contributed by atoms with Gasteiger partial charge in [-0.1, -0.05) is 17.7 Å². The molecule has 2 aromatic rings. The second-order valence-electron chi connectivity index (χ2n) is 6.36. The molecule has 0 spiro atoms. The van der Waals surface area contributed by atoms with Crippen molar-refractivity contribution in [3.8, 4) is 5.75 Å². The van der Waals surface area contributed by atoms with Crippen LogP contribution in [0.25, 0.3) is 0 Å². The van der Waals surface area contributed by atoms with E-state index < -0.39 is 29.3 Å². The number of hydrogen-bond acceptors (Lipinski definition) is 7. The molecule has 0 aliphatic rings. The number of hydrogen-bond donors (Lipinski definition) is 2. The zero-order valence-electron chi connectivity index (χ0n) is 16.8. The van der Waals surface area contributed by atoms with Crippen LogP contribution in [0, 0.1) is 17.0 Å². The molecule has 0 aliphatic carbocycles. The number of esters is 1. The molecule has 0 saturated heterocycles. The Hall–Kier alpha value is -3.66. The van der Waals surface area contributed by atoms with Crippen molar-refractivity contribution in [3.05, 3.63) is 57.1 Å². The molecule has 0 radical (unpaired) electrons. The van der Waals surface area contributed by atoms with Crippen molar-refractivity contribution in [2.75, 3.05) is 24.4 Å². The Morgan fingerprint density at radius 3 is 2.45 bits per heavy atom. The average molecular weight is 450 g/mol. The van der Waals surface area contributed by atoms with Crippen LogP contribution in [-0.4, -0.2) is 36.4 Å². The summed E-state index contributed by atoms with van der Waals surface area (Å²) in [6, 6.07) is 8.86. The zero-order valence-corrected chi connectivity index (χ0v) is 17.5. The van der Waals surface area contributed by atoms with Gasteiger partial charge in [0.2, 0.25) is 5.91 Å². The summed E-state index contributed by atoms with van der Waals surface area (Å²) in [4.78, 5) is 46.1. The van der Waals surface area contributed by atoms with Gasteiger partial charge >= 0.3 is 5.97 Å². The highest BCUT2D eigenvalue weighted by atomic mass is 35.5. The highest BCUT2D eigenvalue weighted by Crippen LogP contribution is 2.28. The number of rotatable bonds is 9. The van der Waals surface area contributed by atoms with Crippen molar-refractivity contribution in [2.45, 2.75) is 19.8 Å². The first-order valence-electron chi connectivity index (χ1n) is 9.03. The third-order valence-corrected chi connectivity index (χ3v) is 4.46. The molecule has 11 heteroatoms. The lowest BCUT2D eigenvalue weighted by Crippen LogP contribution is -2.22. The van der Waals surface area contributed by atoms with Crippen molar-refractivity contribution in [3.63, 3.8) is 0 Å². The number of amides is 2. The summed E-state index contributed by atoms with van der Waals surface area (Å²) in [6.07, 6.45) is -0.411. The Morgan fingerprint density at radius 2 is 1.81 bits per heavy atom. The minimum Gasteiger partial charge on any atom is -0.497 e. The summed E-state index contributed by atoms with van der Waals surface area (Å²) in [6.45, 7) is 1.16. The molecule has 0 bridgehead atoms. The number of nitro groups is 1. The number of anilines is 2. The van der Waals surface area contributed by atoms with Gasteiger partial charge in [-0.25, -0.2) is 0 Å². The second-order valence-corrected chi connectivity index (χ2v) is 6.77. The zero-order chi connectivity index (χ0) is 23.0. The van der Waals surface area contributed by atoms with Crippen LogP contribution < -0.4 is 15.4 Å². The third-order valence-electron chi connectivity index (χ3n) is 4.05. The fraction of sp³-hybridized carbons (Fsp3) is 0.250. The topological polar surface area (TPSA) is 137 Å². The number of carbonyl (C=O) groups excluding carboxylic acids is 3. The minimum atomic E-state index is -0.775. The predicted octanol–water partition coefficient (Wildman–Crippen LogP) is 3.47. The molecule has 0 unspecified atom stereocenters. The highest BCUT2D eigenvalue weighted by Gasteiger charge is 2.18. The van der Waals surface area contributed by atoms with E-state index >= 15 is 0 Å². The molecule has 2 aromatic carbocycles. The van der Waals surface area contributed by atoms with Crippen molar-refractivity contribution in [1.82, 2.24) is 0 Å². The molecule has 0 heterocycles. The highest BCUT2D eigenvalue weighted by molar-refractivity contribution is 6.31. The lowest BCUT2D eigenvalue weighted by atomic mass is 10.2. The Bertz CT molecular complexity index is 1010. The molecule has 10 nitrogen and oxygen atoms in total. The number of nitrogens with zero attached hydrogens (tertiary/aromatic N) is 1. The lowest BCUT2D eigenvalue weighted by Gasteiger charge is -2.09. The fourth-order valence-corrected chi connectivity index (χ4v) is 2.60. The molecule has 2 rings (SSSR count). The van der Waals surface area contributed by atoms with Crippen LogP contribution in [0.4, 0.5) is 17.1 Å². The Labute approximate surface area is 182 Å². The number of halogens is 1. The van der Waals surface area contributed by atoms with Gasteiger partial charge in [-0.3, -0.25) is 24.5 Å². The molecule has 0 atom stereocenters. The molecule has 0 fully saturated rings. The van der Waals surface area contributed by atoms with Gasteiger partial charge in [-0.2, -0.15) is 0 Å². The summed E-state index contributed by atoms with van der Waals surface area (Å²) >= 11 is 5.99. The largest absolute Gasteiger partial charge is 0.497 e. The van der Waals surface area contributed by atoms with E-state index in [0.717, 1.165) is 5.56 Å². The fourth-order valence-electron chi connectivity index (χ4n) is 2.42. The van der Waals surface area contributed by atoms with Crippen LogP contribution in [0.3, 0.4) is 0 Å². The Morgan fingerprint density at radius 1 is 1.06 bits per heavy atom. The summed E-state index contributed by atoms with van der Waals surface area (Å²) < 4.78 is 9.79. The van der Waals surface area contributed by atoms with E-state index in [1.807, 2.05) is 6.92 Å². The van der Waals surface area contributed by atoms with Gasteiger partial charge in [0.15, 0.2) is 6.61 Å². The molecule has 2 N–H and O–H groups in total. The standard InChI is InChI=1S/C20H20ClN3O7/c1-12-3-4-13(9-15(12)21)22-18(25)7-8-20(27)31-11-19(26)23-16-10-14(30-2)5-6-17(16)24(28)29/h3-6,9-10H,7-8,11H2,1-2H3,(H,22,25)(H,23,26). The number of methoxy groups -OCH3 is 1. The summed E-state index contributed by atoms with van der Waals surface area (Å²) in [5.41, 5.74) is 0.920. The molecular formula is C20H20ClN3O7. The molecule has 0 aliphatic heterocycles. The van der Waals surface area contributed by atoms with E-state index in [0.29, 0.717) is 16.5 Å². The number of nitrogens with one attached hydrogen (secondary N) is 2. The van der Waals surface area contributed by atoms with Gasteiger partial charge < -0.3 is 20.1 Å². The quantitative estimate of drug-likeness (QED) is 0.339. The Kier molecular flexibility index (Phi) is 8.33. The average Bonchev–Trinajstić information content (AvgIpc) is 2.73. The van der Waals surface area contributed by atoms with Crippen LogP contribution in [0.2, 0.25) is 5.02 Å². The summed E-state index contributed by atoms with van der Waals surface area (Å²) in [7, 11) is 1.37. The SMILES string of the molecule is COc1ccc([N+](=O)[O-])c(NC(=O)COC(=O)CCC(=O)Nc2ccc(C)c(Cl)c2)c1. The van der Waals surface area contributed by atoms with Crippen molar-refractivity contribution in [1.29, 1.82) is 0 Å². The molecule has 164 valence electrons. The van der Waals surface area contributed by atoms with Crippen LogP contribution >= 0.6 is 11.6 Å². The van der Waals surface area contributed by atoms with E-state index in [2.05, 4.69) is 10.6 Å². The van der Waals surface area contributed by atoms with Gasteiger partial charge in [0.25, 0.3) is 11.6 Å². The van der Waals surface area contributed by atoms with E-state index in [9.17, 15) is 24.5 Å². The summed E-state index contributed by atoms with van der Waals surface area (Å²) in [5, 5.41) is 16.5. The smallest absolute Gasteiger partial charge is 0.306 e. The molecular weight excluding hydrogens is 430 g/mol. The monoisotopic (exact) mass is 449 g/mol. The van der Waals surface area contributed by atoms with Crippen molar-refractivity contribution in [2.24, 2.45) is 0 Å². The maximum Gasteiger partial charge on any atom is 0.306 e. The molecule has 0 saturated carbocycles. The van der Waals surface area contributed by atoms with Crippen LogP contribution in [0.15, 0.2) is 36.4 Å². The maximum absolute atomic E-state index is 12.0. The van der Waals surface area contributed by atoms with E-state index in [1.165, 1.54) is 25.3 Å². The van der Waals surface area contributed by atoms with Gasteiger partial charge in [-0.05, 0) is 30.7 Å². The lowest BCUT2D eigenvalue weighted by molar-refractivity contribution is -0.383. The first kappa shape index (κ1) is 23.6. The van der Waals surface area contributed by atoms with Crippen molar-refractivity contribution < 1.29 is 28.8 Å². The number of aryl methyl sites for hydroxylation is 1. The van der Waals surface area contributed by atoms with Crippen molar-refractivity contribution >= 4 is 46.4 Å². The summed E-state index contributed by atoms with van der Waals surface area (Å²) in [5.74, 6) is -1.66. The first-order valence-corrected chi connectivity index (χ1v) is 9.41. The number of carbonyl (C=O) groups is 3. The van der Waals surface area contributed by atoms with Gasteiger partial charge in [-0.15, -0.1) is 0 Å². The molecule has 2 amide bonds. The minimum absolute atomic E-state index is 0.0958. The van der Waals surface area contributed by atoms with Crippen LogP contribution in [0.5, 0.6) is 5.75 Å². The predicted molar refractivity (Wildman–Crippen MR) is 113 cm³/mol. The van der Waals surface area contributed by atoms with Gasteiger partial charge in [0.1, 0.15) is 11.4 Å². The Balaban J connectivity index is 1.80. The van der Waals surface area contributed by atoms with Crippen LogP contribution in [-0.2, 0) is 19.1 Å². The van der Waals surface area contributed by atoms with Gasteiger partial charge in [0.05, 0.1) is 18.5 Å². The van der Waals surface area contributed by atoms with Gasteiger partial charge in [0, 0.05) is 29.3 Å². The van der Waals surface area contributed by atoms with E-state index in [1.54, 1.807) is 18.2 Å². The number of ether oxygens (including phenoxy) is 2. The molecule has 31 heavy (non-hydrogen) atoms. The first-order chi connectivity index (χ1) is 14.7. The van der Waals surface area contributed by atoms with E-state index in [-0.39, 0.29) is 24.2 Å². The number of benzene rings is 2. The maximum atomic E-state index is 12.0. The van der Waals surface area contributed by atoms with Crippen LogP contribution in [0.1, 0.15) is 18.4 Å². The second kappa shape index (κ2) is 10.9. The molecule has 0 aromatic heterocycles.